The Labute approximate surface area is 161 Å². The fourth-order valence-electron chi connectivity index (χ4n) is 3.60. The number of carbonyl (C=O) groups is 2. The number of urea groups is 1. The first-order chi connectivity index (χ1) is 13.4. The molecule has 1 aliphatic heterocycles. The molecule has 1 fully saturated rings. The molecule has 4 rings (SSSR count). The number of imide groups is 1. The fraction of sp³-hybridized carbons (Fsp3) is 0.286. The number of aryl methyl sites for hydroxylation is 2. The molecule has 2 aromatic carbocycles. The molecule has 7 heteroatoms. The van der Waals surface area contributed by atoms with Crippen molar-refractivity contribution >= 4 is 23.0 Å². The van der Waals surface area contributed by atoms with E-state index >= 15 is 0 Å². The molecule has 28 heavy (non-hydrogen) atoms. The van der Waals surface area contributed by atoms with Crippen molar-refractivity contribution in [3.63, 3.8) is 0 Å². The van der Waals surface area contributed by atoms with Gasteiger partial charge in [-0.05, 0) is 38.0 Å². The molecule has 1 unspecified atom stereocenters. The van der Waals surface area contributed by atoms with Gasteiger partial charge in [-0.25, -0.2) is 9.59 Å². The maximum absolute atomic E-state index is 13.0. The Morgan fingerprint density at radius 3 is 2.46 bits per heavy atom. The summed E-state index contributed by atoms with van der Waals surface area (Å²) in [5.74, 6) is -0.728. The van der Waals surface area contributed by atoms with Crippen LogP contribution < -0.4 is 11.1 Å². The number of fused-ring (bicyclic) bond motifs is 1. The van der Waals surface area contributed by atoms with E-state index in [0.29, 0.717) is 24.1 Å². The van der Waals surface area contributed by atoms with Gasteiger partial charge in [-0.2, -0.15) is 0 Å². The number of nitrogens with zero attached hydrogens (tertiary/aromatic N) is 2. The van der Waals surface area contributed by atoms with Crippen LogP contribution in [0.15, 0.2) is 57.7 Å². The van der Waals surface area contributed by atoms with Crippen LogP contribution in [0.25, 0.3) is 11.1 Å². The summed E-state index contributed by atoms with van der Waals surface area (Å²) in [7, 11) is 0. The van der Waals surface area contributed by atoms with Crippen molar-refractivity contribution in [2.24, 2.45) is 0 Å². The van der Waals surface area contributed by atoms with Crippen LogP contribution in [-0.4, -0.2) is 28.0 Å². The highest BCUT2D eigenvalue weighted by molar-refractivity contribution is 6.07. The Hall–Kier alpha value is -3.35. The lowest BCUT2D eigenvalue weighted by atomic mass is 9.91. The Bertz CT molecular complexity index is 1110. The van der Waals surface area contributed by atoms with Crippen molar-refractivity contribution < 1.29 is 14.0 Å². The Balaban J connectivity index is 1.49. The Morgan fingerprint density at radius 1 is 1.00 bits per heavy atom. The van der Waals surface area contributed by atoms with Crippen molar-refractivity contribution in [1.29, 1.82) is 0 Å². The predicted molar refractivity (Wildman–Crippen MR) is 104 cm³/mol. The lowest BCUT2D eigenvalue weighted by molar-refractivity contribution is -0.131. The normalized spacial score (nSPS) is 19.4. The van der Waals surface area contributed by atoms with Gasteiger partial charge in [0.2, 0.25) is 0 Å². The van der Waals surface area contributed by atoms with Crippen LogP contribution in [0.3, 0.4) is 0 Å². The highest BCUT2D eigenvalue weighted by Gasteiger charge is 2.48. The van der Waals surface area contributed by atoms with Crippen LogP contribution in [0.1, 0.15) is 24.5 Å². The second kappa shape index (κ2) is 6.67. The minimum absolute atomic E-state index is 0.220. The van der Waals surface area contributed by atoms with E-state index in [1.165, 1.54) is 9.47 Å². The quantitative estimate of drug-likeness (QED) is 0.691. The van der Waals surface area contributed by atoms with E-state index in [1.54, 1.807) is 19.1 Å². The summed E-state index contributed by atoms with van der Waals surface area (Å²) in [6.07, 6.45) is 0.451. The van der Waals surface area contributed by atoms with E-state index in [1.807, 2.05) is 43.3 Å². The number of rotatable bonds is 5. The first-order valence-electron chi connectivity index (χ1n) is 9.20. The molecule has 1 aliphatic rings. The lowest BCUT2D eigenvalue weighted by Gasteiger charge is -2.22. The summed E-state index contributed by atoms with van der Waals surface area (Å²) >= 11 is 0. The SMILES string of the molecule is Cc1ccc(C2(C)NC(=O)N(CCCn3c(=O)oc4ccccc43)C2=O)cc1. The number of para-hydroxylation sites is 2. The average Bonchev–Trinajstić information content (AvgIpc) is 3.10. The van der Waals surface area contributed by atoms with Crippen molar-refractivity contribution in [3.05, 3.63) is 70.2 Å². The maximum Gasteiger partial charge on any atom is 0.419 e. The van der Waals surface area contributed by atoms with Gasteiger partial charge in [-0.15, -0.1) is 0 Å². The smallest absolute Gasteiger partial charge is 0.408 e. The number of aromatic nitrogens is 1. The number of oxazole rings is 1. The minimum Gasteiger partial charge on any atom is -0.408 e. The van der Waals surface area contributed by atoms with Crippen molar-refractivity contribution in [3.8, 4) is 0 Å². The summed E-state index contributed by atoms with van der Waals surface area (Å²) in [5, 5.41) is 2.80. The Morgan fingerprint density at radius 2 is 1.71 bits per heavy atom. The maximum atomic E-state index is 13.0. The molecular formula is C21H21N3O4. The molecule has 1 N–H and O–H groups in total. The standard InChI is InChI=1S/C21H21N3O4/c1-14-8-10-15(11-9-14)21(2)18(25)24(19(26)22-21)13-5-12-23-16-6-3-4-7-17(16)28-20(23)27/h3-4,6-11H,5,12-13H2,1-2H3,(H,22,26). The van der Waals surface area contributed by atoms with Crippen molar-refractivity contribution in [1.82, 2.24) is 14.8 Å². The Kier molecular flexibility index (Phi) is 4.30. The van der Waals surface area contributed by atoms with Gasteiger partial charge in [0.1, 0.15) is 5.54 Å². The third-order valence-corrected chi connectivity index (χ3v) is 5.24. The number of benzene rings is 2. The van der Waals surface area contributed by atoms with Gasteiger partial charge in [0.15, 0.2) is 5.58 Å². The van der Waals surface area contributed by atoms with E-state index in [9.17, 15) is 14.4 Å². The topological polar surface area (TPSA) is 84.6 Å². The predicted octanol–water partition coefficient (Wildman–Crippen LogP) is 2.76. The van der Waals surface area contributed by atoms with Crippen LogP contribution >= 0.6 is 0 Å². The van der Waals surface area contributed by atoms with E-state index in [-0.39, 0.29) is 12.5 Å². The molecule has 144 valence electrons. The third-order valence-electron chi connectivity index (χ3n) is 5.24. The van der Waals surface area contributed by atoms with Gasteiger partial charge in [-0.3, -0.25) is 14.3 Å². The zero-order chi connectivity index (χ0) is 19.9. The first-order valence-corrected chi connectivity index (χ1v) is 9.20. The second-order valence-electron chi connectivity index (χ2n) is 7.22. The highest BCUT2D eigenvalue weighted by atomic mass is 16.4. The van der Waals surface area contributed by atoms with Crippen LogP contribution in [0.2, 0.25) is 0 Å². The van der Waals surface area contributed by atoms with Gasteiger partial charge in [-0.1, -0.05) is 42.0 Å². The van der Waals surface area contributed by atoms with Crippen LogP contribution in [0.4, 0.5) is 4.79 Å². The van der Waals surface area contributed by atoms with Crippen LogP contribution in [0.5, 0.6) is 0 Å². The molecule has 3 aromatic rings. The van der Waals surface area contributed by atoms with E-state index in [2.05, 4.69) is 5.32 Å². The van der Waals surface area contributed by atoms with Crippen LogP contribution in [0, 0.1) is 6.92 Å². The molecule has 0 radical (unpaired) electrons. The number of hydrogen-bond acceptors (Lipinski definition) is 4. The van der Waals surface area contributed by atoms with E-state index in [0.717, 1.165) is 11.1 Å². The molecule has 2 heterocycles. The number of amides is 3. The summed E-state index contributed by atoms with van der Waals surface area (Å²) in [6.45, 7) is 4.26. The highest BCUT2D eigenvalue weighted by Crippen LogP contribution is 2.29. The van der Waals surface area contributed by atoms with Crippen LogP contribution in [-0.2, 0) is 16.9 Å². The zero-order valence-electron chi connectivity index (χ0n) is 15.8. The molecule has 1 saturated heterocycles. The number of carbonyl (C=O) groups excluding carboxylic acids is 2. The number of hydrogen-bond donors (Lipinski definition) is 1. The molecule has 0 bridgehead atoms. The summed E-state index contributed by atoms with van der Waals surface area (Å²) in [4.78, 5) is 38.6. The lowest BCUT2D eigenvalue weighted by Crippen LogP contribution is -2.41. The third kappa shape index (κ3) is 2.89. The minimum atomic E-state index is -1.08. The largest absolute Gasteiger partial charge is 0.419 e. The summed E-state index contributed by atoms with van der Waals surface area (Å²) in [6, 6.07) is 14.3. The van der Waals surface area contributed by atoms with Gasteiger partial charge >= 0.3 is 11.8 Å². The second-order valence-corrected chi connectivity index (χ2v) is 7.22. The average molecular weight is 379 g/mol. The fourth-order valence-corrected chi connectivity index (χ4v) is 3.60. The molecule has 0 saturated carbocycles. The van der Waals surface area contributed by atoms with E-state index in [4.69, 9.17) is 4.42 Å². The zero-order valence-corrected chi connectivity index (χ0v) is 15.8. The molecule has 1 atom stereocenters. The molecule has 0 aliphatic carbocycles. The van der Waals surface area contributed by atoms with Crippen molar-refractivity contribution in [2.45, 2.75) is 32.4 Å². The molecule has 3 amide bonds. The van der Waals surface area contributed by atoms with Gasteiger partial charge in [0, 0.05) is 13.1 Å². The van der Waals surface area contributed by atoms with E-state index < -0.39 is 17.3 Å². The van der Waals surface area contributed by atoms with Gasteiger partial charge in [0.25, 0.3) is 5.91 Å². The summed E-state index contributed by atoms with van der Waals surface area (Å²) < 4.78 is 6.73. The van der Waals surface area contributed by atoms with Gasteiger partial charge in [0.05, 0.1) is 5.52 Å². The number of nitrogens with one attached hydrogen (secondary N) is 1. The molecule has 0 spiro atoms. The van der Waals surface area contributed by atoms with Crippen molar-refractivity contribution in [2.75, 3.05) is 6.54 Å². The monoisotopic (exact) mass is 379 g/mol. The molecular weight excluding hydrogens is 358 g/mol. The molecule has 7 nitrogen and oxygen atoms in total. The first kappa shape index (κ1) is 18.0. The molecule has 1 aromatic heterocycles. The van der Waals surface area contributed by atoms with Gasteiger partial charge < -0.3 is 9.73 Å². The summed E-state index contributed by atoms with van der Waals surface area (Å²) in [5.41, 5.74) is 1.97.